The Morgan fingerprint density at radius 3 is 2.26 bits per heavy atom. The third-order valence-corrected chi connectivity index (χ3v) is 6.94. The average molecular weight is 543 g/mol. The SMILES string of the molecule is CN(C(=O)C(C(=O)CCC(=O)O)c1cc(Cl)c(Cl)cc1N)C(CN1CCCC1)c1ccccc1.Cl. The van der Waals surface area contributed by atoms with E-state index in [1.807, 2.05) is 30.3 Å². The van der Waals surface area contributed by atoms with Gasteiger partial charge in [0.1, 0.15) is 11.7 Å². The van der Waals surface area contributed by atoms with Gasteiger partial charge in [-0.2, -0.15) is 0 Å². The second-order valence-electron chi connectivity index (χ2n) is 8.57. The molecule has 190 valence electrons. The topological polar surface area (TPSA) is 104 Å². The summed E-state index contributed by atoms with van der Waals surface area (Å²) in [6.07, 6.45) is 1.52. The molecule has 1 amide bonds. The molecule has 1 saturated heterocycles. The minimum Gasteiger partial charge on any atom is -0.481 e. The first kappa shape index (κ1) is 28.9. The van der Waals surface area contributed by atoms with Crippen LogP contribution in [0, 0.1) is 0 Å². The standard InChI is InChI=1S/C25H29Cl2N3O4.ClH/c1-29(21(15-30-11-5-6-12-30)16-7-3-2-4-8-16)25(34)24(22(31)9-10-23(32)33)17-13-18(26)19(27)14-20(17)28;/h2-4,7-8,13-14,21,24H,5-6,9-12,15,28H2,1H3,(H,32,33);1H. The van der Waals surface area contributed by atoms with Crippen LogP contribution in [0.15, 0.2) is 42.5 Å². The molecule has 35 heavy (non-hydrogen) atoms. The van der Waals surface area contributed by atoms with Gasteiger partial charge in [-0.3, -0.25) is 14.4 Å². The van der Waals surface area contributed by atoms with Crippen LogP contribution in [0.1, 0.15) is 48.8 Å². The molecule has 2 aromatic rings. The monoisotopic (exact) mass is 541 g/mol. The van der Waals surface area contributed by atoms with E-state index >= 15 is 0 Å². The molecule has 0 aromatic heterocycles. The Bertz CT molecular complexity index is 1050. The molecule has 1 fully saturated rings. The number of Topliss-reactive ketones (excluding diaryl/α,β-unsaturated/α-hetero) is 1. The summed E-state index contributed by atoms with van der Waals surface area (Å²) in [6.45, 7) is 2.53. The fourth-order valence-corrected chi connectivity index (χ4v) is 4.68. The lowest BCUT2D eigenvalue weighted by Crippen LogP contribution is -2.42. The van der Waals surface area contributed by atoms with Crippen molar-refractivity contribution in [3.8, 4) is 0 Å². The lowest BCUT2D eigenvalue weighted by Gasteiger charge is -2.34. The number of carboxylic acids is 1. The highest BCUT2D eigenvalue weighted by Crippen LogP contribution is 2.35. The molecular weight excluding hydrogens is 513 g/mol. The number of ketones is 1. The zero-order valence-corrected chi connectivity index (χ0v) is 21.8. The zero-order valence-electron chi connectivity index (χ0n) is 19.5. The quantitative estimate of drug-likeness (QED) is 0.330. The summed E-state index contributed by atoms with van der Waals surface area (Å²) in [5.41, 5.74) is 7.48. The number of benzene rings is 2. The highest BCUT2D eigenvalue weighted by atomic mass is 35.5. The van der Waals surface area contributed by atoms with Crippen molar-refractivity contribution in [2.45, 2.75) is 37.6 Å². The summed E-state index contributed by atoms with van der Waals surface area (Å²) in [5.74, 6) is -3.40. The Morgan fingerprint density at radius 2 is 1.66 bits per heavy atom. The Kier molecular flexibility index (Phi) is 10.8. The van der Waals surface area contributed by atoms with Crippen LogP contribution in [0.5, 0.6) is 0 Å². The van der Waals surface area contributed by atoms with Crippen LogP contribution in [0.25, 0.3) is 0 Å². The number of hydrogen-bond acceptors (Lipinski definition) is 5. The predicted molar refractivity (Wildman–Crippen MR) is 140 cm³/mol. The van der Waals surface area contributed by atoms with Crippen molar-refractivity contribution in [2.75, 3.05) is 32.4 Å². The van der Waals surface area contributed by atoms with E-state index < -0.39 is 23.6 Å². The van der Waals surface area contributed by atoms with Gasteiger partial charge in [0.05, 0.1) is 22.5 Å². The van der Waals surface area contributed by atoms with Crippen LogP contribution in [0.2, 0.25) is 10.0 Å². The summed E-state index contributed by atoms with van der Waals surface area (Å²) >= 11 is 12.3. The molecule has 2 atom stereocenters. The summed E-state index contributed by atoms with van der Waals surface area (Å²) in [6, 6.07) is 12.2. The van der Waals surface area contributed by atoms with Crippen molar-refractivity contribution in [2.24, 2.45) is 0 Å². The minimum absolute atomic E-state index is 0. The fourth-order valence-electron chi connectivity index (χ4n) is 4.34. The number of amides is 1. The number of likely N-dealkylation sites (tertiary alicyclic amines) is 1. The Labute approximate surface area is 221 Å². The smallest absolute Gasteiger partial charge is 0.303 e. The first-order valence-electron chi connectivity index (χ1n) is 11.2. The van der Waals surface area contributed by atoms with Crippen molar-refractivity contribution >= 4 is 59.0 Å². The highest BCUT2D eigenvalue weighted by molar-refractivity contribution is 6.42. The van der Waals surface area contributed by atoms with Gasteiger partial charge in [0.15, 0.2) is 0 Å². The van der Waals surface area contributed by atoms with Crippen molar-refractivity contribution in [1.82, 2.24) is 9.80 Å². The Morgan fingerprint density at radius 1 is 1.06 bits per heavy atom. The van der Waals surface area contributed by atoms with Gasteiger partial charge in [0.2, 0.25) is 5.91 Å². The van der Waals surface area contributed by atoms with Crippen molar-refractivity contribution in [3.05, 3.63) is 63.6 Å². The van der Waals surface area contributed by atoms with E-state index in [-0.39, 0.29) is 52.6 Å². The van der Waals surface area contributed by atoms with E-state index in [4.69, 9.17) is 34.0 Å². The normalized spacial score (nSPS) is 15.2. The number of nitrogens with two attached hydrogens (primary N) is 1. The molecule has 3 rings (SSSR count). The number of carbonyl (C=O) groups excluding carboxylic acids is 2. The number of hydrogen-bond donors (Lipinski definition) is 2. The molecule has 1 aliphatic rings. The summed E-state index contributed by atoms with van der Waals surface area (Å²) in [7, 11) is 1.67. The maximum absolute atomic E-state index is 13.9. The third-order valence-electron chi connectivity index (χ3n) is 6.22. The Balaban J connectivity index is 0.00000432. The van der Waals surface area contributed by atoms with Crippen LogP contribution in [-0.4, -0.2) is 59.2 Å². The van der Waals surface area contributed by atoms with E-state index in [0.717, 1.165) is 31.5 Å². The number of halogens is 3. The predicted octanol–water partition coefficient (Wildman–Crippen LogP) is 4.81. The molecule has 0 spiro atoms. The molecule has 1 aliphatic heterocycles. The second kappa shape index (κ2) is 13.1. The molecule has 0 saturated carbocycles. The molecule has 0 radical (unpaired) electrons. The highest BCUT2D eigenvalue weighted by Gasteiger charge is 2.36. The molecular formula is C25H30Cl3N3O4. The van der Waals surface area contributed by atoms with Gasteiger partial charge in [-0.05, 0) is 49.2 Å². The van der Waals surface area contributed by atoms with Crippen LogP contribution in [-0.2, 0) is 14.4 Å². The largest absolute Gasteiger partial charge is 0.481 e. The lowest BCUT2D eigenvalue weighted by molar-refractivity contribution is -0.142. The molecule has 7 nitrogen and oxygen atoms in total. The second-order valence-corrected chi connectivity index (χ2v) is 9.39. The van der Waals surface area contributed by atoms with Crippen molar-refractivity contribution in [1.29, 1.82) is 0 Å². The molecule has 2 unspecified atom stereocenters. The zero-order chi connectivity index (χ0) is 24.8. The first-order valence-corrected chi connectivity index (χ1v) is 12.0. The van der Waals surface area contributed by atoms with E-state index in [1.165, 1.54) is 12.1 Å². The van der Waals surface area contributed by atoms with Crippen LogP contribution >= 0.6 is 35.6 Å². The van der Waals surface area contributed by atoms with E-state index in [9.17, 15) is 14.4 Å². The maximum Gasteiger partial charge on any atom is 0.303 e. The summed E-state index contributed by atoms with van der Waals surface area (Å²) in [5, 5.41) is 9.44. The molecule has 0 bridgehead atoms. The lowest BCUT2D eigenvalue weighted by atomic mass is 9.88. The van der Waals surface area contributed by atoms with Crippen LogP contribution < -0.4 is 5.73 Å². The van der Waals surface area contributed by atoms with Gasteiger partial charge in [0.25, 0.3) is 0 Å². The van der Waals surface area contributed by atoms with E-state index in [2.05, 4.69) is 4.90 Å². The Hall–Kier alpha value is -2.32. The number of aliphatic carboxylic acids is 1. The van der Waals surface area contributed by atoms with Crippen LogP contribution in [0.4, 0.5) is 5.69 Å². The number of anilines is 1. The van der Waals surface area contributed by atoms with Gasteiger partial charge in [-0.1, -0.05) is 53.5 Å². The maximum atomic E-state index is 13.9. The van der Waals surface area contributed by atoms with E-state index in [1.54, 1.807) is 11.9 Å². The number of carboxylic acid groups (broad SMARTS) is 1. The molecule has 3 N–H and O–H groups in total. The average Bonchev–Trinajstić information content (AvgIpc) is 3.33. The number of rotatable bonds is 10. The van der Waals surface area contributed by atoms with E-state index in [0.29, 0.717) is 6.54 Å². The van der Waals surface area contributed by atoms with Gasteiger partial charge in [-0.15, -0.1) is 12.4 Å². The van der Waals surface area contributed by atoms with Gasteiger partial charge < -0.3 is 20.6 Å². The fraction of sp³-hybridized carbons (Fsp3) is 0.400. The minimum atomic E-state index is -1.29. The third kappa shape index (κ3) is 7.34. The number of nitrogens with zero attached hydrogens (tertiary/aromatic N) is 2. The number of carbonyl (C=O) groups is 3. The summed E-state index contributed by atoms with van der Waals surface area (Å²) < 4.78 is 0. The van der Waals surface area contributed by atoms with Gasteiger partial charge in [-0.25, -0.2) is 0 Å². The number of nitrogen functional groups attached to an aromatic ring is 1. The van der Waals surface area contributed by atoms with Gasteiger partial charge >= 0.3 is 5.97 Å². The molecule has 2 aromatic carbocycles. The van der Waals surface area contributed by atoms with Gasteiger partial charge in [0, 0.05) is 25.7 Å². The molecule has 1 heterocycles. The number of likely N-dealkylation sites (N-methyl/N-ethyl adjacent to an activating group) is 1. The van der Waals surface area contributed by atoms with Crippen LogP contribution in [0.3, 0.4) is 0 Å². The molecule has 0 aliphatic carbocycles. The first-order chi connectivity index (χ1) is 16.2. The summed E-state index contributed by atoms with van der Waals surface area (Å²) in [4.78, 5) is 42.0. The molecule has 10 heteroatoms. The van der Waals surface area contributed by atoms with Crippen molar-refractivity contribution in [3.63, 3.8) is 0 Å². The van der Waals surface area contributed by atoms with Crippen molar-refractivity contribution < 1.29 is 19.5 Å².